The molecule has 0 fully saturated rings. The zero-order chi connectivity index (χ0) is 54.3. The molecule has 0 aliphatic heterocycles. The first-order chi connectivity index (χ1) is 37.9. The normalized spacial score (nSPS) is 14.2. The van der Waals surface area contributed by atoms with Crippen molar-refractivity contribution in [2.24, 2.45) is 0 Å². The van der Waals surface area contributed by atoms with Gasteiger partial charge in [-0.3, -0.25) is 0 Å². The van der Waals surface area contributed by atoms with Crippen LogP contribution >= 0.6 is 11.7 Å². The third kappa shape index (κ3) is 7.75. The number of anilines is 3. The topological polar surface area (TPSA) is 34.0 Å². The molecular weight excluding hydrogens is 977 g/mol. The summed E-state index contributed by atoms with van der Waals surface area (Å²) >= 11 is 1.27. The van der Waals surface area contributed by atoms with Crippen LogP contribution in [-0.2, 0) is 21.7 Å². The van der Waals surface area contributed by atoms with Gasteiger partial charge < -0.3 is 9.47 Å². The quantitative estimate of drug-likeness (QED) is 0.160. The number of rotatable bonds is 7. The maximum absolute atomic E-state index is 5.09. The summed E-state index contributed by atoms with van der Waals surface area (Å²) in [5.41, 5.74) is 28.8. The molecule has 2 aliphatic rings. The summed E-state index contributed by atoms with van der Waals surface area (Å²) in [6.45, 7) is 23.2. The van der Waals surface area contributed by atoms with E-state index in [0.717, 1.165) is 44.9 Å². The van der Waals surface area contributed by atoms with Crippen LogP contribution in [0.1, 0.15) is 103 Å². The molecule has 2 aromatic heterocycles. The summed E-state index contributed by atoms with van der Waals surface area (Å²) in [4.78, 5) is 2.35. The van der Waals surface area contributed by atoms with Crippen molar-refractivity contribution in [2.75, 3.05) is 4.90 Å². The third-order valence-electron chi connectivity index (χ3n) is 17.7. The van der Waals surface area contributed by atoms with Crippen molar-refractivity contribution in [1.82, 2.24) is 13.3 Å². The molecule has 386 valence electrons. The van der Waals surface area contributed by atoms with E-state index in [1.807, 2.05) is 0 Å². The Morgan fingerprint density at radius 3 is 1.28 bits per heavy atom. The van der Waals surface area contributed by atoms with Crippen LogP contribution in [0.5, 0.6) is 0 Å². The Bertz CT molecular complexity index is 4200. The molecule has 10 aromatic carbocycles. The lowest BCUT2D eigenvalue weighted by molar-refractivity contribution is 0.590. The summed E-state index contributed by atoms with van der Waals surface area (Å²) in [5.74, 6) is 0. The summed E-state index contributed by atoms with van der Waals surface area (Å²) < 4.78 is 12.6. The van der Waals surface area contributed by atoms with Gasteiger partial charge in [-0.2, -0.15) is 8.75 Å². The highest BCUT2D eigenvalue weighted by Gasteiger charge is 2.37. The number of aromatic nitrogens is 3. The minimum Gasteiger partial charge on any atom is -0.309 e. The molecule has 0 spiro atoms. The molecule has 4 nitrogen and oxygen atoms in total. The first kappa shape index (κ1) is 49.0. The summed E-state index contributed by atoms with van der Waals surface area (Å²) in [6, 6.07) is 77.4. The fourth-order valence-electron chi connectivity index (χ4n) is 13.1. The van der Waals surface area contributed by atoms with Crippen molar-refractivity contribution in [3.8, 4) is 61.3 Å². The first-order valence-corrected chi connectivity index (χ1v) is 28.6. The van der Waals surface area contributed by atoms with Crippen LogP contribution in [0.2, 0.25) is 0 Å². The molecular formula is C74H64N4S. The average molecular weight is 1040 g/mol. The number of hydrogen-bond donors (Lipinski definition) is 0. The largest absolute Gasteiger partial charge is 0.309 e. The van der Waals surface area contributed by atoms with Gasteiger partial charge in [0, 0.05) is 44.2 Å². The highest BCUT2D eigenvalue weighted by atomic mass is 32.1. The molecule has 0 atom stereocenters. The summed E-state index contributed by atoms with van der Waals surface area (Å²) in [7, 11) is 0. The second kappa shape index (κ2) is 17.6. The van der Waals surface area contributed by atoms with E-state index >= 15 is 0 Å². The minimum absolute atomic E-state index is 0.0353. The molecule has 0 amide bonds. The van der Waals surface area contributed by atoms with Gasteiger partial charge in [-0.15, -0.1) is 0 Å². The van der Waals surface area contributed by atoms with Crippen molar-refractivity contribution in [1.29, 1.82) is 0 Å². The Morgan fingerprint density at radius 1 is 0.380 bits per heavy atom. The van der Waals surface area contributed by atoms with E-state index in [4.69, 9.17) is 8.75 Å². The lowest BCUT2D eigenvalue weighted by Gasteiger charge is -2.26. The second-order valence-electron chi connectivity index (χ2n) is 25.2. The fourth-order valence-corrected chi connectivity index (χ4v) is 13.7. The zero-order valence-corrected chi connectivity index (χ0v) is 47.6. The van der Waals surface area contributed by atoms with Gasteiger partial charge in [0.15, 0.2) is 0 Å². The van der Waals surface area contributed by atoms with Crippen molar-refractivity contribution >= 4 is 61.6 Å². The number of benzene rings is 10. The molecule has 5 heteroatoms. The highest BCUT2D eigenvalue weighted by Crippen LogP contribution is 2.52. The molecule has 0 radical (unpaired) electrons. The fraction of sp³-hybridized carbons (Fsp3) is 0.189. The van der Waals surface area contributed by atoms with E-state index < -0.39 is 0 Å². The molecule has 79 heavy (non-hydrogen) atoms. The Balaban J connectivity index is 0.848. The monoisotopic (exact) mass is 1040 g/mol. The first-order valence-electron chi connectivity index (χ1n) is 27.9. The highest BCUT2D eigenvalue weighted by molar-refractivity contribution is 7.00. The van der Waals surface area contributed by atoms with E-state index in [2.05, 4.69) is 285 Å². The summed E-state index contributed by atoms with van der Waals surface area (Å²) in [6.07, 6.45) is 0. The van der Waals surface area contributed by atoms with Crippen molar-refractivity contribution < 1.29 is 0 Å². The predicted molar refractivity (Wildman–Crippen MR) is 335 cm³/mol. The maximum Gasteiger partial charge on any atom is 0.129 e. The number of nitrogens with zero attached hydrogens (tertiary/aromatic N) is 4. The van der Waals surface area contributed by atoms with Crippen LogP contribution in [-0.4, -0.2) is 13.3 Å². The lowest BCUT2D eigenvalue weighted by atomic mass is 9.81. The Kier molecular flexibility index (Phi) is 10.9. The molecule has 0 N–H and O–H groups in total. The maximum atomic E-state index is 5.09. The number of fused-ring (bicyclic) bond motifs is 10. The third-order valence-corrected chi connectivity index (χ3v) is 18.2. The Hall–Kier alpha value is -8.38. The molecule has 2 heterocycles. The van der Waals surface area contributed by atoms with Crippen LogP contribution in [0.3, 0.4) is 0 Å². The second-order valence-corrected chi connectivity index (χ2v) is 25.8. The zero-order valence-electron chi connectivity index (χ0n) is 46.8. The van der Waals surface area contributed by atoms with Crippen molar-refractivity contribution in [3.63, 3.8) is 0 Å². The SMILES string of the molecule is CC(C)(C)c1ccc2c(c1)c1cc(C(C)(C)C)ccc1n2-c1ccc(-c2ccc(N(c3ccc(-c4ccc5c(c4)C(C)(C)c4ccccc4-5)cc3)c3ccc(-c4ccc5c(c4)C(C)(C)c4ccccc4-5)cc3)c3nsnc23)cc1. The van der Waals surface area contributed by atoms with E-state index in [0.29, 0.717) is 0 Å². The molecule has 0 unspecified atom stereocenters. The average Bonchev–Trinajstić information content (AvgIpc) is 4.35. The molecule has 0 bridgehead atoms. The van der Waals surface area contributed by atoms with Crippen molar-refractivity contribution in [2.45, 2.75) is 90.9 Å². The minimum atomic E-state index is -0.0765. The van der Waals surface area contributed by atoms with Crippen LogP contribution in [0, 0.1) is 0 Å². The molecule has 14 rings (SSSR count). The standard InChI is InChI=1S/C74H64N4S/c1-71(2,3)50-27-38-66-60(43-50)61-44-51(72(4,5)6)28-39-67(61)78(66)54-33-23-47(24-34-54)55-37-40-68(70-69(55)75-79-76-70)77(52-29-19-45(20-30-52)48-25-35-58-56-15-11-13-17-62(56)73(7,8)64(58)41-48)53-31-21-46(22-32-53)49-26-36-59-57-16-12-14-18-63(57)74(9,10)65(59)42-49/h11-44H,1-10H3. The van der Waals surface area contributed by atoms with Gasteiger partial charge in [0.1, 0.15) is 11.0 Å². The van der Waals surface area contributed by atoms with E-state index in [1.165, 1.54) is 111 Å². The molecule has 0 saturated heterocycles. The van der Waals surface area contributed by atoms with E-state index in [9.17, 15) is 0 Å². The van der Waals surface area contributed by atoms with Gasteiger partial charge in [-0.25, -0.2) is 0 Å². The van der Waals surface area contributed by atoms with Gasteiger partial charge in [0.2, 0.25) is 0 Å². The van der Waals surface area contributed by atoms with Crippen LogP contribution in [0.15, 0.2) is 206 Å². The number of hydrogen-bond acceptors (Lipinski definition) is 4. The predicted octanol–water partition coefficient (Wildman–Crippen LogP) is 20.5. The smallest absolute Gasteiger partial charge is 0.129 e. The molecule has 2 aliphatic carbocycles. The van der Waals surface area contributed by atoms with Gasteiger partial charge in [0.25, 0.3) is 0 Å². The Morgan fingerprint density at radius 2 is 0.797 bits per heavy atom. The van der Waals surface area contributed by atoms with Crippen LogP contribution in [0.25, 0.3) is 94.2 Å². The van der Waals surface area contributed by atoms with Crippen LogP contribution < -0.4 is 4.90 Å². The molecule has 12 aromatic rings. The molecule has 0 saturated carbocycles. The van der Waals surface area contributed by atoms with Gasteiger partial charge >= 0.3 is 0 Å². The van der Waals surface area contributed by atoms with Gasteiger partial charge in [-0.1, -0.05) is 191 Å². The van der Waals surface area contributed by atoms with Gasteiger partial charge in [-0.05, 0) is 179 Å². The van der Waals surface area contributed by atoms with Crippen molar-refractivity contribution in [3.05, 3.63) is 240 Å². The van der Waals surface area contributed by atoms with E-state index in [-0.39, 0.29) is 21.7 Å². The van der Waals surface area contributed by atoms with Crippen LogP contribution in [0.4, 0.5) is 17.1 Å². The van der Waals surface area contributed by atoms with E-state index in [1.54, 1.807) is 0 Å². The summed E-state index contributed by atoms with van der Waals surface area (Å²) in [5, 5.41) is 2.57. The Labute approximate surface area is 469 Å². The van der Waals surface area contributed by atoms with Gasteiger partial charge in [0.05, 0.1) is 28.4 Å². The lowest BCUT2D eigenvalue weighted by Crippen LogP contribution is -2.14.